The summed E-state index contributed by atoms with van der Waals surface area (Å²) in [6, 6.07) is -3.31. The number of nitrogens with one attached hydrogen (secondary N) is 1. The van der Waals surface area contributed by atoms with Crippen LogP contribution in [0, 0.1) is 0 Å². The van der Waals surface area contributed by atoms with Crippen LogP contribution in [0.2, 0.25) is 0 Å². The Morgan fingerprint density at radius 3 is 2.39 bits per heavy atom. The zero-order valence-electron chi connectivity index (χ0n) is 20.8. The maximum Gasteiger partial charge on any atom is 0.408 e. The van der Waals surface area contributed by atoms with E-state index < -0.39 is 43.3 Å². The van der Waals surface area contributed by atoms with Gasteiger partial charge in [-0.25, -0.2) is 14.8 Å². The lowest BCUT2D eigenvalue weighted by Crippen LogP contribution is -2.51. The van der Waals surface area contributed by atoms with Crippen molar-refractivity contribution < 1.29 is 40.6 Å². The fraction of sp³-hybridized carbons (Fsp3) is 0.500. The number of halogens is 6. The number of carbonyl (C=O) groups is 1. The van der Waals surface area contributed by atoms with E-state index in [0.29, 0.717) is 16.9 Å². The molecule has 0 fully saturated rings. The van der Waals surface area contributed by atoms with Crippen molar-refractivity contribution in [3.05, 3.63) is 30.4 Å². The molecular weight excluding hydrogens is 524 g/mol. The van der Waals surface area contributed by atoms with E-state index in [1.165, 1.54) is 34.1 Å². The van der Waals surface area contributed by atoms with Crippen molar-refractivity contribution in [3.63, 3.8) is 0 Å². The average Bonchev–Trinajstić information content (AvgIpc) is 3.33. The monoisotopic (exact) mass is 549 g/mol. The van der Waals surface area contributed by atoms with Crippen molar-refractivity contribution in [3.8, 4) is 23.0 Å². The van der Waals surface area contributed by atoms with Gasteiger partial charge in [0.2, 0.25) is 5.88 Å². The molecule has 3 aromatic rings. The number of methoxy groups -OCH3 is 2. The predicted octanol–water partition coefficient (Wildman–Crippen LogP) is 4.57. The fourth-order valence-corrected chi connectivity index (χ4v) is 3.71. The van der Waals surface area contributed by atoms with Crippen LogP contribution in [0.15, 0.2) is 24.7 Å². The first-order chi connectivity index (χ1) is 17.8. The van der Waals surface area contributed by atoms with Gasteiger partial charge in [-0.05, 0) is 26.3 Å². The van der Waals surface area contributed by atoms with Crippen LogP contribution in [0.4, 0.5) is 31.1 Å². The van der Waals surface area contributed by atoms with Gasteiger partial charge in [0, 0.05) is 31.6 Å². The molecule has 2 atom stereocenters. The molecule has 0 saturated heterocycles. The summed E-state index contributed by atoms with van der Waals surface area (Å²) in [6.45, 7) is 2.92. The van der Waals surface area contributed by atoms with Crippen LogP contribution in [-0.2, 0) is 0 Å². The van der Waals surface area contributed by atoms with Gasteiger partial charge in [0.15, 0.2) is 5.65 Å². The third-order valence-electron chi connectivity index (χ3n) is 5.69. The summed E-state index contributed by atoms with van der Waals surface area (Å²) in [5.41, 5.74) is 1.30. The maximum atomic E-state index is 13.4. The van der Waals surface area contributed by atoms with Crippen LogP contribution >= 0.6 is 0 Å². The van der Waals surface area contributed by atoms with Crippen molar-refractivity contribution >= 4 is 11.7 Å². The highest BCUT2D eigenvalue weighted by Crippen LogP contribution is 2.33. The zero-order valence-corrected chi connectivity index (χ0v) is 20.8. The molecule has 3 aromatic heterocycles. The lowest BCUT2D eigenvalue weighted by Gasteiger charge is -2.31. The summed E-state index contributed by atoms with van der Waals surface area (Å²) in [4.78, 5) is 22.3. The van der Waals surface area contributed by atoms with E-state index in [2.05, 4.69) is 20.2 Å². The van der Waals surface area contributed by atoms with Crippen molar-refractivity contribution in [2.45, 2.75) is 51.1 Å². The highest BCUT2D eigenvalue weighted by molar-refractivity contribution is 5.75. The normalized spacial score (nSPS) is 13.7. The lowest BCUT2D eigenvalue weighted by atomic mass is 10.1. The Balaban J connectivity index is 1.92. The molecule has 0 saturated carbocycles. The molecule has 208 valence electrons. The van der Waals surface area contributed by atoms with Crippen molar-refractivity contribution in [1.29, 1.82) is 0 Å². The minimum absolute atomic E-state index is 0.0757. The van der Waals surface area contributed by atoms with Gasteiger partial charge in [-0.15, -0.1) is 10.2 Å². The second kappa shape index (κ2) is 11.3. The van der Waals surface area contributed by atoms with E-state index in [4.69, 9.17) is 9.47 Å². The summed E-state index contributed by atoms with van der Waals surface area (Å²) in [5.74, 6) is 0.277. The fourth-order valence-electron chi connectivity index (χ4n) is 3.71. The first-order valence-electron chi connectivity index (χ1n) is 11.3. The Kier molecular flexibility index (Phi) is 8.51. The van der Waals surface area contributed by atoms with Crippen LogP contribution < -0.4 is 14.8 Å². The molecule has 0 aliphatic carbocycles. The molecule has 3 heterocycles. The number of aromatic nitrogens is 5. The van der Waals surface area contributed by atoms with Gasteiger partial charge in [0.25, 0.3) is 5.88 Å². The summed E-state index contributed by atoms with van der Waals surface area (Å²) in [5, 5.41) is 9.72. The van der Waals surface area contributed by atoms with E-state index in [1.807, 2.05) is 0 Å². The topological polar surface area (TPSA) is 107 Å². The van der Waals surface area contributed by atoms with Gasteiger partial charge in [0.1, 0.15) is 6.04 Å². The zero-order chi connectivity index (χ0) is 28.3. The molecule has 0 bridgehead atoms. The van der Waals surface area contributed by atoms with Crippen molar-refractivity contribution in [2.24, 2.45) is 0 Å². The minimum atomic E-state index is -5.08. The standard InChI is InChI=1S/C22H25F6N7O3/c1-5-35(20(36)31-16(22(26,27)28)6-7-21(23,24)25)12(2)14-10-13(18(37-3)33-32-14)15-11-34-9-8-29-17(34)19(30-15)38-4/h8-12,16H,5-7H2,1-4H3,(H,31,36)/t12-,16?/m1/s1. The molecule has 38 heavy (non-hydrogen) atoms. The SMILES string of the molecule is CCN(C(=O)NC(CCC(F)(F)F)C(F)(F)F)[C@H](C)c1cc(-c2cn3ccnc3c(OC)n2)c(OC)nn1. The molecule has 0 aliphatic rings. The lowest BCUT2D eigenvalue weighted by molar-refractivity contribution is -0.171. The smallest absolute Gasteiger partial charge is 0.408 e. The number of amides is 2. The van der Waals surface area contributed by atoms with Crippen LogP contribution in [-0.4, -0.2) is 74.7 Å². The Labute approximate surface area is 213 Å². The number of urea groups is 1. The second-order valence-electron chi connectivity index (χ2n) is 8.15. The van der Waals surface area contributed by atoms with Gasteiger partial charge < -0.3 is 24.1 Å². The van der Waals surface area contributed by atoms with Crippen molar-refractivity contribution in [2.75, 3.05) is 20.8 Å². The second-order valence-corrected chi connectivity index (χ2v) is 8.15. The minimum Gasteiger partial charge on any atom is -0.479 e. The highest BCUT2D eigenvalue weighted by Gasteiger charge is 2.43. The quantitative estimate of drug-likeness (QED) is 0.390. The Hall–Kier alpha value is -3.85. The number of rotatable bonds is 9. The van der Waals surface area contributed by atoms with E-state index >= 15 is 0 Å². The number of carbonyl (C=O) groups excluding carboxylic acids is 1. The van der Waals surface area contributed by atoms with Crippen LogP contribution in [0.25, 0.3) is 16.9 Å². The van der Waals surface area contributed by atoms with Crippen LogP contribution in [0.3, 0.4) is 0 Å². The van der Waals surface area contributed by atoms with E-state index in [1.54, 1.807) is 28.3 Å². The largest absolute Gasteiger partial charge is 0.479 e. The molecule has 0 spiro atoms. The molecule has 3 rings (SSSR count). The third kappa shape index (κ3) is 6.52. The number of hydrogen-bond donors (Lipinski definition) is 1. The third-order valence-corrected chi connectivity index (χ3v) is 5.69. The van der Waals surface area contributed by atoms with Gasteiger partial charge in [0.05, 0.1) is 37.2 Å². The van der Waals surface area contributed by atoms with Crippen molar-refractivity contribution in [1.82, 2.24) is 34.8 Å². The van der Waals surface area contributed by atoms with Gasteiger partial charge in [-0.3, -0.25) is 0 Å². The van der Waals surface area contributed by atoms with Gasteiger partial charge >= 0.3 is 18.4 Å². The average molecular weight is 549 g/mol. The predicted molar refractivity (Wildman–Crippen MR) is 122 cm³/mol. The van der Waals surface area contributed by atoms with Gasteiger partial charge in [-0.1, -0.05) is 0 Å². The number of ether oxygens (including phenoxy) is 2. The molecule has 2 amide bonds. The molecule has 0 aromatic carbocycles. The number of imidazole rings is 1. The highest BCUT2D eigenvalue weighted by atomic mass is 19.4. The van der Waals surface area contributed by atoms with E-state index in [9.17, 15) is 31.1 Å². The van der Waals surface area contributed by atoms with Crippen LogP contribution in [0.5, 0.6) is 11.8 Å². The first kappa shape index (κ1) is 28.7. The Morgan fingerprint density at radius 2 is 1.82 bits per heavy atom. The van der Waals surface area contributed by atoms with Crippen LogP contribution in [0.1, 0.15) is 38.4 Å². The summed E-state index contributed by atoms with van der Waals surface area (Å²) < 4.78 is 89.9. The van der Waals surface area contributed by atoms with E-state index in [-0.39, 0.29) is 24.0 Å². The summed E-state index contributed by atoms with van der Waals surface area (Å²) in [6.07, 6.45) is -8.11. The number of nitrogens with zero attached hydrogens (tertiary/aromatic N) is 6. The number of hydrogen-bond acceptors (Lipinski definition) is 7. The molecule has 16 heteroatoms. The molecular formula is C22H25F6N7O3. The molecule has 1 unspecified atom stereocenters. The molecule has 1 N–H and O–H groups in total. The molecule has 0 aliphatic heterocycles. The number of fused-ring (bicyclic) bond motifs is 1. The first-order valence-corrected chi connectivity index (χ1v) is 11.3. The molecule has 0 radical (unpaired) electrons. The molecule has 10 nitrogen and oxygen atoms in total. The van der Waals surface area contributed by atoms with E-state index in [0.717, 1.165) is 4.90 Å². The Bertz CT molecular complexity index is 1260. The summed E-state index contributed by atoms with van der Waals surface area (Å²) in [7, 11) is 2.77. The maximum absolute atomic E-state index is 13.4. The van der Waals surface area contributed by atoms with Gasteiger partial charge in [-0.2, -0.15) is 26.3 Å². The number of alkyl halides is 6. The summed E-state index contributed by atoms with van der Waals surface area (Å²) >= 11 is 0. The Morgan fingerprint density at radius 1 is 1.13 bits per heavy atom.